The van der Waals surface area contributed by atoms with Gasteiger partial charge in [0.25, 0.3) is 5.91 Å². The van der Waals surface area contributed by atoms with Gasteiger partial charge in [0.05, 0.1) is 0 Å². The van der Waals surface area contributed by atoms with Crippen molar-refractivity contribution in [3.05, 3.63) is 47.2 Å². The van der Waals surface area contributed by atoms with Gasteiger partial charge in [-0.15, -0.1) is 10.2 Å². The van der Waals surface area contributed by atoms with Crippen LogP contribution in [-0.2, 0) is 6.42 Å². The Bertz CT molecular complexity index is 668. The fourth-order valence-electron chi connectivity index (χ4n) is 2.52. The van der Waals surface area contributed by atoms with Crippen LogP contribution in [0, 0.1) is 6.92 Å². The summed E-state index contributed by atoms with van der Waals surface area (Å²) in [7, 11) is 0. The van der Waals surface area contributed by atoms with Crippen LogP contribution in [0.5, 0.6) is 0 Å². The molecule has 0 bridgehead atoms. The van der Waals surface area contributed by atoms with E-state index >= 15 is 0 Å². The van der Waals surface area contributed by atoms with E-state index < -0.39 is 0 Å². The maximum atomic E-state index is 12.4. The number of hydrogen-bond donors (Lipinski definition) is 2. The monoisotopic (exact) mass is 326 g/mol. The average molecular weight is 326 g/mol. The van der Waals surface area contributed by atoms with E-state index in [9.17, 15) is 4.79 Å². The van der Waals surface area contributed by atoms with Gasteiger partial charge in [-0.25, -0.2) is 0 Å². The quantitative estimate of drug-likeness (QED) is 0.713. The molecule has 24 heavy (non-hydrogen) atoms. The van der Waals surface area contributed by atoms with E-state index in [0.717, 1.165) is 36.2 Å². The first kappa shape index (κ1) is 17.9. The Morgan fingerprint density at radius 2 is 1.92 bits per heavy atom. The maximum absolute atomic E-state index is 12.4. The lowest BCUT2D eigenvalue weighted by atomic mass is 10.1. The van der Waals surface area contributed by atoms with Crippen molar-refractivity contribution in [2.75, 3.05) is 17.2 Å². The number of aryl methyl sites for hydroxylation is 2. The van der Waals surface area contributed by atoms with E-state index in [0.29, 0.717) is 11.5 Å². The van der Waals surface area contributed by atoms with Crippen LogP contribution in [0.15, 0.2) is 30.3 Å². The molecule has 128 valence electrons. The Kier molecular flexibility index (Phi) is 6.73. The fraction of sp³-hybridized carbons (Fsp3) is 0.421. The summed E-state index contributed by atoms with van der Waals surface area (Å²) < 4.78 is 0. The lowest BCUT2D eigenvalue weighted by Crippen LogP contribution is -2.16. The molecule has 1 amide bonds. The first-order valence-electron chi connectivity index (χ1n) is 8.63. The predicted molar refractivity (Wildman–Crippen MR) is 98.6 cm³/mol. The molecule has 1 aromatic heterocycles. The van der Waals surface area contributed by atoms with Crippen molar-refractivity contribution in [1.29, 1.82) is 0 Å². The first-order valence-corrected chi connectivity index (χ1v) is 8.63. The maximum Gasteiger partial charge on any atom is 0.276 e. The van der Waals surface area contributed by atoms with E-state index in [1.165, 1.54) is 12.8 Å². The second-order valence-electron chi connectivity index (χ2n) is 5.85. The number of para-hydroxylation sites is 1. The number of nitrogens with one attached hydrogen (secondary N) is 2. The van der Waals surface area contributed by atoms with E-state index in [-0.39, 0.29) is 5.91 Å². The van der Waals surface area contributed by atoms with Crippen molar-refractivity contribution < 1.29 is 4.79 Å². The lowest BCUT2D eigenvalue weighted by Gasteiger charge is -2.12. The molecule has 0 saturated heterocycles. The average Bonchev–Trinajstić information content (AvgIpc) is 2.61. The zero-order valence-corrected chi connectivity index (χ0v) is 14.7. The van der Waals surface area contributed by atoms with Crippen molar-refractivity contribution in [2.45, 2.75) is 46.5 Å². The van der Waals surface area contributed by atoms with Crippen LogP contribution < -0.4 is 10.6 Å². The lowest BCUT2D eigenvalue weighted by molar-refractivity contribution is 0.102. The van der Waals surface area contributed by atoms with Crippen molar-refractivity contribution in [3.63, 3.8) is 0 Å². The molecule has 0 saturated carbocycles. The van der Waals surface area contributed by atoms with Crippen LogP contribution in [0.25, 0.3) is 0 Å². The minimum absolute atomic E-state index is 0.232. The van der Waals surface area contributed by atoms with Gasteiger partial charge in [0, 0.05) is 12.2 Å². The molecule has 0 aliphatic carbocycles. The predicted octanol–water partition coefficient (Wildman–Crippen LogP) is 4.20. The van der Waals surface area contributed by atoms with Gasteiger partial charge < -0.3 is 10.6 Å². The highest BCUT2D eigenvalue weighted by atomic mass is 16.1. The highest BCUT2D eigenvalue weighted by molar-refractivity contribution is 6.03. The molecule has 0 aliphatic heterocycles. The Morgan fingerprint density at radius 3 is 2.58 bits per heavy atom. The normalized spacial score (nSPS) is 10.5. The molecule has 0 radical (unpaired) electrons. The molecule has 2 rings (SSSR count). The van der Waals surface area contributed by atoms with Crippen LogP contribution in [0.3, 0.4) is 0 Å². The number of carbonyl (C=O) groups is 1. The van der Waals surface area contributed by atoms with Gasteiger partial charge in [0.2, 0.25) is 0 Å². The van der Waals surface area contributed by atoms with Gasteiger partial charge in [-0.3, -0.25) is 4.79 Å². The van der Waals surface area contributed by atoms with Gasteiger partial charge in [0.15, 0.2) is 5.69 Å². The third kappa shape index (κ3) is 4.78. The zero-order chi connectivity index (χ0) is 17.4. The number of unbranched alkanes of at least 4 members (excludes halogenated alkanes) is 2. The summed E-state index contributed by atoms with van der Waals surface area (Å²) in [5, 5.41) is 14.3. The first-order chi connectivity index (χ1) is 11.7. The zero-order valence-electron chi connectivity index (χ0n) is 14.7. The third-order valence-corrected chi connectivity index (χ3v) is 3.96. The van der Waals surface area contributed by atoms with E-state index in [2.05, 4.69) is 34.7 Å². The second kappa shape index (κ2) is 9.01. The smallest absolute Gasteiger partial charge is 0.276 e. The molecule has 0 atom stereocenters. The molecule has 1 aromatic carbocycles. The standard InChI is InChI=1S/C19H26N4O/c1-4-6-7-13-20-17-12-11-16(22-23-17)19(24)21-18-14(3)9-8-10-15(18)5-2/h8-12H,4-7,13H2,1-3H3,(H,20,23)(H,21,24). The van der Waals surface area contributed by atoms with E-state index in [1.54, 1.807) is 12.1 Å². The summed E-state index contributed by atoms with van der Waals surface area (Å²) in [4.78, 5) is 12.4. The SMILES string of the molecule is CCCCCNc1ccc(C(=O)Nc2c(C)cccc2CC)nn1. The summed E-state index contributed by atoms with van der Waals surface area (Å²) in [6.07, 6.45) is 4.35. The summed E-state index contributed by atoms with van der Waals surface area (Å²) in [5.41, 5.74) is 3.35. The summed E-state index contributed by atoms with van der Waals surface area (Å²) in [5.74, 6) is 0.469. The fourth-order valence-corrected chi connectivity index (χ4v) is 2.52. The molecule has 2 aromatic rings. The third-order valence-electron chi connectivity index (χ3n) is 3.96. The molecule has 1 heterocycles. The van der Waals surface area contributed by atoms with E-state index in [4.69, 9.17) is 0 Å². The Morgan fingerprint density at radius 1 is 1.08 bits per heavy atom. The second-order valence-corrected chi connectivity index (χ2v) is 5.85. The number of aromatic nitrogens is 2. The number of carbonyl (C=O) groups excluding carboxylic acids is 1. The van der Waals surface area contributed by atoms with Crippen molar-refractivity contribution in [1.82, 2.24) is 10.2 Å². The number of hydrogen-bond acceptors (Lipinski definition) is 4. The molecular weight excluding hydrogens is 300 g/mol. The number of benzene rings is 1. The van der Waals surface area contributed by atoms with Crippen LogP contribution >= 0.6 is 0 Å². The highest BCUT2D eigenvalue weighted by Crippen LogP contribution is 2.21. The molecule has 0 fully saturated rings. The summed E-state index contributed by atoms with van der Waals surface area (Å²) in [6, 6.07) is 9.52. The Hall–Kier alpha value is -2.43. The van der Waals surface area contributed by atoms with Crippen LogP contribution in [-0.4, -0.2) is 22.6 Å². The molecule has 5 heteroatoms. The van der Waals surface area contributed by atoms with Crippen molar-refractivity contribution in [3.8, 4) is 0 Å². The number of amides is 1. The van der Waals surface area contributed by atoms with E-state index in [1.807, 2.05) is 25.1 Å². The molecule has 0 spiro atoms. The highest BCUT2D eigenvalue weighted by Gasteiger charge is 2.12. The molecular formula is C19H26N4O. The number of anilines is 2. The van der Waals surface area contributed by atoms with Gasteiger partial charge in [-0.1, -0.05) is 44.9 Å². The largest absolute Gasteiger partial charge is 0.369 e. The molecule has 0 aliphatic rings. The topological polar surface area (TPSA) is 66.9 Å². The molecule has 0 unspecified atom stereocenters. The van der Waals surface area contributed by atoms with Crippen LogP contribution in [0.1, 0.15) is 54.7 Å². The minimum Gasteiger partial charge on any atom is -0.369 e. The summed E-state index contributed by atoms with van der Waals surface area (Å²) in [6.45, 7) is 7.11. The Balaban J connectivity index is 2.00. The molecule has 5 nitrogen and oxygen atoms in total. The number of nitrogens with zero attached hydrogens (tertiary/aromatic N) is 2. The van der Waals surface area contributed by atoms with Gasteiger partial charge in [-0.2, -0.15) is 0 Å². The molecule has 2 N–H and O–H groups in total. The van der Waals surface area contributed by atoms with Gasteiger partial charge in [0.1, 0.15) is 5.82 Å². The van der Waals surface area contributed by atoms with Gasteiger partial charge >= 0.3 is 0 Å². The minimum atomic E-state index is -0.232. The summed E-state index contributed by atoms with van der Waals surface area (Å²) >= 11 is 0. The van der Waals surface area contributed by atoms with Gasteiger partial charge in [-0.05, 0) is 43.0 Å². The van der Waals surface area contributed by atoms with Crippen LogP contribution in [0.2, 0.25) is 0 Å². The van der Waals surface area contributed by atoms with Crippen molar-refractivity contribution in [2.24, 2.45) is 0 Å². The van der Waals surface area contributed by atoms with Crippen LogP contribution in [0.4, 0.5) is 11.5 Å². The van der Waals surface area contributed by atoms with Crippen molar-refractivity contribution >= 4 is 17.4 Å². The number of rotatable bonds is 8. The Labute approximate surface area is 143 Å².